The zero-order chi connectivity index (χ0) is 13.8. The molecule has 1 aliphatic rings. The van der Waals surface area contributed by atoms with Gasteiger partial charge in [0, 0.05) is 5.41 Å². The summed E-state index contributed by atoms with van der Waals surface area (Å²) < 4.78 is 5.86. The van der Waals surface area contributed by atoms with E-state index >= 15 is 0 Å². The second-order valence-corrected chi connectivity index (χ2v) is 5.97. The molecule has 0 aromatic heterocycles. The summed E-state index contributed by atoms with van der Waals surface area (Å²) in [6.07, 6.45) is 6.25. The second kappa shape index (κ2) is 5.96. The summed E-state index contributed by atoms with van der Waals surface area (Å²) in [4.78, 5) is 22.3. The van der Waals surface area contributed by atoms with E-state index in [1.165, 1.54) is 12.8 Å². The molecule has 1 rings (SSSR count). The zero-order valence-corrected chi connectivity index (χ0v) is 12.1. The van der Waals surface area contributed by atoms with Gasteiger partial charge in [-0.05, 0) is 12.3 Å². The predicted octanol–water partition coefficient (Wildman–Crippen LogP) is 3.01. The van der Waals surface area contributed by atoms with Crippen molar-refractivity contribution in [3.8, 4) is 0 Å². The first-order chi connectivity index (χ1) is 8.50. The summed E-state index contributed by atoms with van der Waals surface area (Å²) in [5.74, 6) is 0.205. The Hall–Kier alpha value is -0.700. The Bertz CT molecular complexity index is 298. The predicted molar refractivity (Wildman–Crippen MR) is 71.4 cm³/mol. The molecular formula is C15H26O3. The van der Waals surface area contributed by atoms with Gasteiger partial charge in [0.2, 0.25) is 0 Å². The van der Waals surface area contributed by atoms with Gasteiger partial charge in [-0.15, -0.1) is 0 Å². The molecule has 0 radical (unpaired) electrons. The molecule has 0 N–H and O–H groups in total. The van der Waals surface area contributed by atoms with Crippen LogP contribution < -0.4 is 0 Å². The minimum absolute atomic E-state index is 0.286. The Kier molecular flexibility index (Phi) is 5.09. The van der Waals surface area contributed by atoms with Gasteiger partial charge >= 0.3 is 0 Å². The standard InChI is InChI=1S/C15H26O3/c1-5-7-8-12(6-2)10-18-15(11-17)13(9-16)14(15,3)4/h9,11-13H,5-8,10H2,1-4H3. The summed E-state index contributed by atoms with van der Waals surface area (Å²) in [7, 11) is 0. The van der Waals surface area contributed by atoms with Crippen molar-refractivity contribution in [2.24, 2.45) is 17.3 Å². The van der Waals surface area contributed by atoms with Crippen molar-refractivity contribution >= 4 is 12.6 Å². The van der Waals surface area contributed by atoms with Crippen molar-refractivity contribution in [2.45, 2.75) is 59.0 Å². The number of aldehydes is 2. The monoisotopic (exact) mass is 254 g/mol. The third kappa shape index (κ3) is 2.51. The van der Waals surface area contributed by atoms with Crippen LogP contribution in [-0.2, 0) is 14.3 Å². The SMILES string of the molecule is CCCCC(CC)COC1(C=O)C(C=O)C1(C)C. The van der Waals surface area contributed by atoms with Gasteiger partial charge < -0.3 is 14.3 Å². The van der Waals surface area contributed by atoms with E-state index in [1.807, 2.05) is 13.8 Å². The molecule has 3 atom stereocenters. The summed E-state index contributed by atoms with van der Waals surface area (Å²) in [5.41, 5.74) is -1.21. The maximum absolute atomic E-state index is 11.3. The highest BCUT2D eigenvalue weighted by Gasteiger charge is 2.73. The van der Waals surface area contributed by atoms with Crippen LogP contribution in [0.2, 0.25) is 0 Å². The molecule has 3 heteroatoms. The molecule has 3 nitrogen and oxygen atoms in total. The molecule has 1 fully saturated rings. The lowest BCUT2D eigenvalue weighted by Crippen LogP contribution is -2.27. The molecule has 0 aliphatic heterocycles. The first-order valence-electron chi connectivity index (χ1n) is 7.05. The molecule has 0 saturated heterocycles. The Morgan fingerprint density at radius 2 is 1.94 bits per heavy atom. The largest absolute Gasteiger partial charge is 0.366 e. The smallest absolute Gasteiger partial charge is 0.153 e. The molecule has 1 aliphatic carbocycles. The van der Waals surface area contributed by atoms with Gasteiger partial charge in [-0.3, -0.25) is 0 Å². The Balaban J connectivity index is 2.55. The molecule has 3 unspecified atom stereocenters. The number of hydrogen-bond donors (Lipinski definition) is 0. The number of ether oxygens (including phenoxy) is 1. The highest BCUT2D eigenvalue weighted by atomic mass is 16.5. The van der Waals surface area contributed by atoms with Crippen LogP contribution in [-0.4, -0.2) is 24.8 Å². The average Bonchev–Trinajstić information content (AvgIpc) is 2.85. The van der Waals surface area contributed by atoms with Crippen LogP contribution in [0.25, 0.3) is 0 Å². The maximum Gasteiger partial charge on any atom is 0.153 e. The minimum atomic E-state index is -0.867. The van der Waals surface area contributed by atoms with Crippen LogP contribution in [0, 0.1) is 17.3 Å². The number of unbranched alkanes of at least 4 members (excludes halogenated alkanes) is 1. The Morgan fingerprint density at radius 1 is 1.28 bits per heavy atom. The highest BCUT2D eigenvalue weighted by molar-refractivity contribution is 5.82. The molecule has 0 amide bonds. The normalized spacial score (nSPS) is 30.8. The van der Waals surface area contributed by atoms with Gasteiger partial charge in [0.15, 0.2) is 6.29 Å². The van der Waals surface area contributed by atoms with E-state index < -0.39 is 5.60 Å². The first-order valence-corrected chi connectivity index (χ1v) is 7.05. The van der Waals surface area contributed by atoms with Gasteiger partial charge in [0.25, 0.3) is 0 Å². The molecule has 0 bridgehead atoms. The van der Waals surface area contributed by atoms with Crippen LogP contribution >= 0.6 is 0 Å². The zero-order valence-electron chi connectivity index (χ0n) is 12.1. The van der Waals surface area contributed by atoms with Crippen molar-refractivity contribution in [3.05, 3.63) is 0 Å². The van der Waals surface area contributed by atoms with E-state index in [0.29, 0.717) is 12.5 Å². The number of carbonyl (C=O) groups is 2. The van der Waals surface area contributed by atoms with E-state index in [9.17, 15) is 9.59 Å². The van der Waals surface area contributed by atoms with Crippen LogP contribution in [0.15, 0.2) is 0 Å². The molecule has 104 valence electrons. The lowest BCUT2D eigenvalue weighted by atomic mass is 10.00. The van der Waals surface area contributed by atoms with E-state index in [1.54, 1.807) is 0 Å². The van der Waals surface area contributed by atoms with Gasteiger partial charge in [0.1, 0.15) is 11.9 Å². The third-order valence-corrected chi connectivity index (χ3v) is 4.58. The topological polar surface area (TPSA) is 43.4 Å². The summed E-state index contributed by atoms with van der Waals surface area (Å²) >= 11 is 0. The first kappa shape index (κ1) is 15.4. The minimum Gasteiger partial charge on any atom is -0.366 e. The second-order valence-electron chi connectivity index (χ2n) is 5.97. The molecule has 0 aromatic rings. The lowest BCUT2D eigenvalue weighted by molar-refractivity contribution is -0.127. The van der Waals surface area contributed by atoms with Crippen LogP contribution in [0.3, 0.4) is 0 Å². The average molecular weight is 254 g/mol. The van der Waals surface area contributed by atoms with E-state index in [2.05, 4.69) is 13.8 Å². The van der Waals surface area contributed by atoms with Gasteiger partial charge in [-0.1, -0.05) is 47.0 Å². The number of rotatable bonds is 9. The van der Waals surface area contributed by atoms with Crippen molar-refractivity contribution in [1.29, 1.82) is 0 Å². The Morgan fingerprint density at radius 3 is 2.33 bits per heavy atom. The molecule has 0 spiro atoms. The molecule has 0 heterocycles. The van der Waals surface area contributed by atoms with Gasteiger partial charge in [-0.2, -0.15) is 0 Å². The summed E-state index contributed by atoms with van der Waals surface area (Å²) in [6, 6.07) is 0. The Labute approximate surface area is 110 Å². The third-order valence-electron chi connectivity index (χ3n) is 4.58. The van der Waals surface area contributed by atoms with E-state index in [4.69, 9.17) is 4.74 Å². The van der Waals surface area contributed by atoms with Crippen molar-refractivity contribution in [3.63, 3.8) is 0 Å². The van der Waals surface area contributed by atoms with E-state index in [0.717, 1.165) is 25.4 Å². The maximum atomic E-state index is 11.3. The molecular weight excluding hydrogens is 228 g/mol. The van der Waals surface area contributed by atoms with Crippen molar-refractivity contribution < 1.29 is 14.3 Å². The molecule has 18 heavy (non-hydrogen) atoms. The number of carbonyl (C=O) groups excluding carboxylic acids is 2. The van der Waals surface area contributed by atoms with Crippen LogP contribution in [0.5, 0.6) is 0 Å². The summed E-state index contributed by atoms with van der Waals surface area (Å²) in [5, 5.41) is 0. The quantitative estimate of drug-likeness (QED) is 0.594. The lowest BCUT2D eigenvalue weighted by Gasteiger charge is -2.20. The molecule has 0 aromatic carbocycles. The van der Waals surface area contributed by atoms with Gasteiger partial charge in [-0.25, -0.2) is 0 Å². The fourth-order valence-electron chi connectivity index (χ4n) is 2.76. The van der Waals surface area contributed by atoms with Crippen molar-refractivity contribution in [2.75, 3.05) is 6.61 Å². The molecule has 1 saturated carbocycles. The van der Waals surface area contributed by atoms with E-state index in [-0.39, 0.29) is 11.3 Å². The van der Waals surface area contributed by atoms with Crippen LogP contribution in [0.1, 0.15) is 53.4 Å². The van der Waals surface area contributed by atoms with Gasteiger partial charge in [0.05, 0.1) is 12.5 Å². The number of hydrogen-bond acceptors (Lipinski definition) is 3. The van der Waals surface area contributed by atoms with Crippen molar-refractivity contribution in [1.82, 2.24) is 0 Å². The highest BCUT2D eigenvalue weighted by Crippen LogP contribution is 2.61. The fourth-order valence-corrected chi connectivity index (χ4v) is 2.76. The van der Waals surface area contributed by atoms with Crippen LogP contribution in [0.4, 0.5) is 0 Å². The summed E-state index contributed by atoms with van der Waals surface area (Å²) in [6.45, 7) is 8.75. The fraction of sp³-hybridized carbons (Fsp3) is 0.867.